The Morgan fingerprint density at radius 3 is 2.40 bits per heavy atom. The Morgan fingerprint density at radius 1 is 1.20 bits per heavy atom. The van der Waals surface area contributed by atoms with Gasteiger partial charge in [-0.25, -0.2) is 0 Å². The van der Waals surface area contributed by atoms with Crippen LogP contribution in [0.15, 0.2) is 0 Å². The molecule has 5 heteroatoms. The average Bonchev–Trinajstić information content (AvgIpc) is 2.49. The van der Waals surface area contributed by atoms with E-state index in [9.17, 15) is 10.1 Å². The highest BCUT2D eigenvalue weighted by Gasteiger charge is 2.34. The molecular weight excluding hydrogens is 252 g/mol. The molecule has 0 atom stereocenters. The van der Waals surface area contributed by atoms with Gasteiger partial charge < -0.3 is 5.32 Å². The molecule has 1 N–H and O–H groups in total. The zero-order chi connectivity index (χ0) is 14.4. The van der Waals surface area contributed by atoms with Crippen molar-refractivity contribution >= 4 is 5.91 Å². The van der Waals surface area contributed by atoms with Gasteiger partial charge in [0.25, 0.3) is 0 Å². The standard InChI is InChI=1S/C15H22N4O/c16-10-13-4-8-19(9-5-13)11-14(20)18-15(12-17)6-2-1-3-7-15/h13H,1-9,11H2,(H,18,20). The average molecular weight is 274 g/mol. The maximum Gasteiger partial charge on any atom is 0.235 e. The maximum atomic E-state index is 12.1. The van der Waals surface area contributed by atoms with Crippen molar-refractivity contribution in [1.82, 2.24) is 10.2 Å². The number of piperidine rings is 1. The SMILES string of the molecule is N#CC1CCN(CC(=O)NC2(C#N)CCCCC2)CC1. The summed E-state index contributed by atoms with van der Waals surface area (Å²) in [6, 6.07) is 4.60. The van der Waals surface area contributed by atoms with Crippen molar-refractivity contribution in [3.63, 3.8) is 0 Å². The molecule has 2 aliphatic rings. The quantitative estimate of drug-likeness (QED) is 0.847. The van der Waals surface area contributed by atoms with Crippen LogP contribution in [0.25, 0.3) is 0 Å². The van der Waals surface area contributed by atoms with Gasteiger partial charge in [-0.3, -0.25) is 9.69 Å². The lowest BCUT2D eigenvalue weighted by atomic mass is 9.83. The van der Waals surface area contributed by atoms with Crippen LogP contribution in [0.1, 0.15) is 44.9 Å². The first-order valence-corrected chi connectivity index (χ1v) is 7.52. The Hall–Kier alpha value is -1.59. The number of nitrogens with zero attached hydrogens (tertiary/aromatic N) is 3. The molecule has 1 aliphatic heterocycles. The lowest BCUT2D eigenvalue weighted by Crippen LogP contribution is -2.52. The molecule has 108 valence electrons. The fraction of sp³-hybridized carbons (Fsp3) is 0.800. The zero-order valence-corrected chi connectivity index (χ0v) is 11.9. The van der Waals surface area contributed by atoms with E-state index in [0.717, 1.165) is 58.0 Å². The van der Waals surface area contributed by atoms with Crippen LogP contribution in [0.3, 0.4) is 0 Å². The summed E-state index contributed by atoms with van der Waals surface area (Å²) >= 11 is 0. The van der Waals surface area contributed by atoms with Crippen LogP contribution in [0, 0.1) is 28.6 Å². The van der Waals surface area contributed by atoms with Gasteiger partial charge in [-0.2, -0.15) is 10.5 Å². The molecule has 1 saturated carbocycles. The second-order valence-corrected chi connectivity index (χ2v) is 5.98. The van der Waals surface area contributed by atoms with E-state index in [1.807, 2.05) is 0 Å². The number of hydrogen-bond acceptors (Lipinski definition) is 4. The molecule has 1 saturated heterocycles. The van der Waals surface area contributed by atoms with Gasteiger partial charge in [-0.05, 0) is 38.8 Å². The number of rotatable bonds is 3. The number of carbonyl (C=O) groups excluding carboxylic acids is 1. The predicted octanol–water partition coefficient (Wildman–Crippen LogP) is 1.56. The highest BCUT2D eigenvalue weighted by Crippen LogP contribution is 2.27. The molecule has 0 spiro atoms. The predicted molar refractivity (Wildman–Crippen MR) is 74.3 cm³/mol. The Balaban J connectivity index is 1.81. The molecule has 1 amide bonds. The number of nitrogens with one attached hydrogen (secondary N) is 1. The van der Waals surface area contributed by atoms with E-state index in [1.165, 1.54) is 0 Å². The van der Waals surface area contributed by atoms with Crippen LogP contribution in [0.5, 0.6) is 0 Å². The van der Waals surface area contributed by atoms with Gasteiger partial charge >= 0.3 is 0 Å². The molecule has 1 heterocycles. The van der Waals surface area contributed by atoms with Crippen LogP contribution in [0.2, 0.25) is 0 Å². The van der Waals surface area contributed by atoms with Gasteiger partial charge in [-0.15, -0.1) is 0 Å². The third-order valence-electron chi connectivity index (χ3n) is 4.44. The molecule has 0 aromatic carbocycles. The molecule has 2 rings (SSSR count). The first kappa shape index (κ1) is 14.8. The first-order valence-electron chi connectivity index (χ1n) is 7.52. The van der Waals surface area contributed by atoms with Crippen molar-refractivity contribution in [3.8, 4) is 12.1 Å². The van der Waals surface area contributed by atoms with Gasteiger partial charge in [-0.1, -0.05) is 19.3 Å². The fourth-order valence-electron chi connectivity index (χ4n) is 3.15. The number of likely N-dealkylation sites (tertiary alicyclic amines) is 1. The van der Waals surface area contributed by atoms with Crippen LogP contribution < -0.4 is 5.32 Å². The Labute approximate surface area is 120 Å². The highest BCUT2D eigenvalue weighted by atomic mass is 16.2. The largest absolute Gasteiger partial charge is 0.337 e. The molecule has 20 heavy (non-hydrogen) atoms. The molecule has 0 unspecified atom stereocenters. The van der Waals surface area contributed by atoms with E-state index in [0.29, 0.717) is 6.54 Å². The summed E-state index contributed by atoms with van der Waals surface area (Å²) in [5.41, 5.74) is -0.639. The molecular formula is C15H22N4O. The second-order valence-electron chi connectivity index (χ2n) is 5.98. The van der Waals surface area contributed by atoms with E-state index in [4.69, 9.17) is 5.26 Å². The lowest BCUT2D eigenvalue weighted by Gasteiger charge is -2.33. The summed E-state index contributed by atoms with van der Waals surface area (Å²) in [4.78, 5) is 14.2. The third-order valence-corrected chi connectivity index (χ3v) is 4.44. The summed E-state index contributed by atoms with van der Waals surface area (Å²) in [5, 5.41) is 21.2. The van der Waals surface area contributed by atoms with Gasteiger partial charge in [0.1, 0.15) is 5.54 Å². The maximum absolute atomic E-state index is 12.1. The van der Waals surface area contributed by atoms with E-state index in [2.05, 4.69) is 22.4 Å². The summed E-state index contributed by atoms with van der Waals surface area (Å²) in [6.07, 6.45) is 6.40. The highest BCUT2D eigenvalue weighted by molar-refractivity contribution is 5.79. The van der Waals surface area contributed by atoms with E-state index in [-0.39, 0.29) is 11.8 Å². The molecule has 0 radical (unpaired) electrons. The first-order chi connectivity index (χ1) is 9.67. The molecule has 0 aromatic rings. The van der Waals surface area contributed by atoms with Crippen molar-refractivity contribution in [2.45, 2.75) is 50.5 Å². The molecule has 1 aliphatic carbocycles. The topological polar surface area (TPSA) is 79.9 Å². The van der Waals surface area contributed by atoms with Crippen LogP contribution in [-0.2, 0) is 4.79 Å². The van der Waals surface area contributed by atoms with Gasteiger partial charge in [0, 0.05) is 5.92 Å². The fourth-order valence-corrected chi connectivity index (χ4v) is 3.15. The lowest BCUT2D eigenvalue weighted by molar-refractivity contribution is -0.124. The third kappa shape index (κ3) is 3.71. The monoisotopic (exact) mass is 274 g/mol. The van der Waals surface area contributed by atoms with Crippen molar-refractivity contribution in [3.05, 3.63) is 0 Å². The molecule has 2 fully saturated rings. The Morgan fingerprint density at radius 2 is 1.85 bits per heavy atom. The van der Waals surface area contributed by atoms with E-state index < -0.39 is 5.54 Å². The molecule has 0 aromatic heterocycles. The zero-order valence-electron chi connectivity index (χ0n) is 11.9. The number of carbonyl (C=O) groups is 1. The van der Waals surface area contributed by atoms with Gasteiger partial charge in [0.2, 0.25) is 5.91 Å². The summed E-state index contributed by atoms with van der Waals surface area (Å²) in [5.74, 6) is 0.0852. The Kier molecular flexibility index (Phi) is 4.98. The summed E-state index contributed by atoms with van der Waals surface area (Å²) in [7, 11) is 0. The summed E-state index contributed by atoms with van der Waals surface area (Å²) < 4.78 is 0. The van der Waals surface area contributed by atoms with Crippen molar-refractivity contribution in [1.29, 1.82) is 10.5 Å². The number of amides is 1. The number of nitriles is 2. The molecule has 5 nitrogen and oxygen atoms in total. The van der Waals surface area contributed by atoms with Gasteiger partial charge in [0.15, 0.2) is 0 Å². The van der Waals surface area contributed by atoms with Crippen molar-refractivity contribution in [2.75, 3.05) is 19.6 Å². The minimum atomic E-state index is -0.639. The van der Waals surface area contributed by atoms with Crippen molar-refractivity contribution < 1.29 is 4.79 Å². The summed E-state index contributed by atoms with van der Waals surface area (Å²) in [6.45, 7) is 1.94. The minimum absolute atomic E-state index is 0.0520. The van der Waals surface area contributed by atoms with E-state index >= 15 is 0 Å². The van der Waals surface area contributed by atoms with Crippen molar-refractivity contribution in [2.24, 2.45) is 5.92 Å². The molecule has 0 bridgehead atoms. The minimum Gasteiger partial charge on any atom is -0.337 e. The van der Waals surface area contributed by atoms with Crippen LogP contribution in [-0.4, -0.2) is 36.0 Å². The number of hydrogen-bond donors (Lipinski definition) is 1. The van der Waals surface area contributed by atoms with Gasteiger partial charge in [0.05, 0.1) is 18.7 Å². The normalized spacial score (nSPS) is 23.5. The smallest absolute Gasteiger partial charge is 0.235 e. The second kappa shape index (κ2) is 6.72. The van der Waals surface area contributed by atoms with Crippen LogP contribution in [0.4, 0.5) is 0 Å². The Bertz CT molecular complexity index is 420. The van der Waals surface area contributed by atoms with E-state index in [1.54, 1.807) is 0 Å². The van der Waals surface area contributed by atoms with Crippen LogP contribution >= 0.6 is 0 Å².